The van der Waals surface area contributed by atoms with Crippen LogP contribution in [0.25, 0.3) is 16.7 Å². The molecule has 0 saturated carbocycles. The molecule has 0 spiro atoms. The number of hydrogen-bond acceptors (Lipinski definition) is 4. The standard InChI is InChI=1S/C20H18FN5/c1-13(24-20-12-22-18-5-3-4-6-19(18)25-20)17-11-23-26(14(17)2)16-9-7-15(21)8-10-16/h3-13H,1-2H3,(H,24,25)/t13-/m0/s1. The zero-order valence-electron chi connectivity index (χ0n) is 14.5. The maximum Gasteiger partial charge on any atom is 0.145 e. The fraction of sp³-hybridized carbons (Fsp3) is 0.150. The van der Waals surface area contributed by atoms with Crippen LogP contribution in [0.4, 0.5) is 10.2 Å². The molecule has 0 radical (unpaired) electrons. The SMILES string of the molecule is Cc1c([C@H](C)Nc2cnc3ccccc3n2)cnn1-c1ccc(F)cc1. The molecule has 0 unspecified atom stereocenters. The second kappa shape index (κ2) is 6.55. The molecule has 4 rings (SSSR count). The third-order valence-electron chi connectivity index (χ3n) is 4.40. The van der Waals surface area contributed by atoms with Crippen LogP contribution < -0.4 is 5.32 Å². The Hall–Kier alpha value is -3.28. The van der Waals surface area contributed by atoms with Crippen molar-refractivity contribution < 1.29 is 4.39 Å². The minimum absolute atomic E-state index is 0.000314. The molecule has 0 fully saturated rings. The summed E-state index contributed by atoms with van der Waals surface area (Å²) in [5, 5.41) is 7.82. The highest BCUT2D eigenvalue weighted by atomic mass is 19.1. The predicted octanol–water partition coefficient (Wildman–Crippen LogP) is 4.44. The van der Waals surface area contributed by atoms with Crippen molar-refractivity contribution in [2.75, 3.05) is 5.32 Å². The predicted molar refractivity (Wildman–Crippen MR) is 99.8 cm³/mol. The van der Waals surface area contributed by atoms with Crippen LogP contribution in [-0.2, 0) is 0 Å². The van der Waals surface area contributed by atoms with Gasteiger partial charge in [0.1, 0.15) is 11.6 Å². The maximum absolute atomic E-state index is 13.1. The molecule has 2 aromatic heterocycles. The Balaban J connectivity index is 1.59. The van der Waals surface area contributed by atoms with Crippen molar-refractivity contribution in [3.8, 4) is 5.69 Å². The van der Waals surface area contributed by atoms with Gasteiger partial charge < -0.3 is 5.32 Å². The molecule has 0 aliphatic rings. The van der Waals surface area contributed by atoms with Gasteiger partial charge in [0.2, 0.25) is 0 Å². The molecule has 2 aromatic carbocycles. The average Bonchev–Trinajstić information content (AvgIpc) is 3.04. The monoisotopic (exact) mass is 347 g/mol. The molecule has 0 amide bonds. The Morgan fingerprint density at radius 3 is 2.50 bits per heavy atom. The van der Waals surface area contributed by atoms with Gasteiger partial charge in [-0.15, -0.1) is 0 Å². The molecule has 0 saturated heterocycles. The van der Waals surface area contributed by atoms with E-state index in [2.05, 4.69) is 27.3 Å². The first kappa shape index (κ1) is 16.2. The van der Waals surface area contributed by atoms with E-state index in [1.807, 2.05) is 37.4 Å². The minimum atomic E-state index is -0.260. The fourth-order valence-corrected chi connectivity index (χ4v) is 3.02. The van der Waals surface area contributed by atoms with Gasteiger partial charge in [-0.3, -0.25) is 4.98 Å². The van der Waals surface area contributed by atoms with E-state index in [1.165, 1.54) is 12.1 Å². The summed E-state index contributed by atoms with van der Waals surface area (Å²) in [6, 6.07) is 14.1. The smallest absolute Gasteiger partial charge is 0.145 e. The van der Waals surface area contributed by atoms with Crippen molar-refractivity contribution in [3.05, 3.63) is 78.0 Å². The Kier molecular flexibility index (Phi) is 4.08. The number of halogens is 1. The summed E-state index contributed by atoms with van der Waals surface area (Å²) in [5.74, 6) is 0.453. The zero-order chi connectivity index (χ0) is 18.1. The third-order valence-corrected chi connectivity index (χ3v) is 4.40. The van der Waals surface area contributed by atoms with E-state index in [0.29, 0.717) is 5.82 Å². The first-order valence-electron chi connectivity index (χ1n) is 8.40. The molecule has 6 heteroatoms. The van der Waals surface area contributed by atoms with Crippen LogP contribution in [-0.4, -0.2) is 19.7 Å². The number of anilines is 1. The molecule has 0 aliphatic heterocycles. The fourth-order valence-electron chi connectivity index (χ4n) is 3.02. The summed E-state index contributed by atoms with van der Waals surface area (Å²) in [6.45, 7) is 4.05. The first-order chi connectivity index (χ1) is 12.6. The third kappa shape index (κ3) is 3.01. The minimum Gasteiger partial charge on any atom is -0.362 e. The molecule has 0 bridgehead atoms. The van der Waals surface area contributed by atoms with E-state index < -0.39 is 0 Å². The summed E-state index contributed by atoms with van der Waals surface area (Å²) in [6.07, 6.45) is 3.56. The molecule has 1 N–H and O–H groups in total. The van der Waals surface area contributed by atoms with Crippen molar-refractivity contribution in [1.82, 2.24) is 19.7 Å². The molecule has 0 aliphatic carbocycles. The van der Waals surface area contributed by atoms with Crippen LogP contribution in [0.2, 0.25) is 0 Å². The average molecular weight is 347 g/mol. The summed E-state index contributed by atoms with van der Waals surface area (Å²) in [4.78, 5) is 9.03. The Morgan fingerprint density at radius 2 is 1.73 bits per heavy atom. The number of nitrogens with one attached hydrogen (secondary N) is 1. The highest BCUT2D eigenvalue weighted by Crippen LogP contribution is 2.23. The Morgan fingerprint density at radius 1 is 1.00 bits per heavy atom. The van der Waals surface area contributed by atoms with E-state index in [-0.39, 0.29) is 11.9 Å². The molecule has 130 valence electrons. The van der Waals surface area contributed by atoms with Crippen LogP contribution in [0.3, 0.4) is 0 Å². The van der Waals surface area contributed by atoms with Gasteiger partial charge in [0.05, 0.1) is 35.2 Å². The first-order valence-corrected chi connectivity index (χ1v) is 8.40. The van der Waals surface area contributed by atoms with Gasteiger partial charge in [0, 0.05) is 11.3 Å². The van der Waals surface area contributed by atoms with Crippen LogP contribution in [0.1, 0.15) is 24.2 Å². The number of nitrogens with zero attached hydrogens (tertiary/aromatic N) is 4. The van der Waals surface area contributed by atoms with E-state index in [4.69, 9.17) is 0 Å². The summed E-state index contributed by atoms with van der Waals surface area (Å²) < 4.78 is 14.9. The van der Waals surface area contributed by atoms with Crippen molar-refractivity contribution in [3.63, 3.8) is 0 Å². The number of para-hydroxylation sites is 2. The Bertz CT molecular complexity index is 1060. The van der Waals surface area contributed by atoms with E-state index in [0.717, 1.165) is 28.0 Å². The molecule has 4 aromatic rings. The lowest BCUT2D eigenvalue weighted by atomic mass is 10.1. The van der Waals surface area contributed by atoms with Crippen LogP contribution in [0, 0.1) is 12.7 Å². The maximum atomic E-state index is 13.1. The number of fused-ring (bicyclic) bond motifs is 1. The van der Waals surface area contributed by atoms with Crippen molar-refractivity contribution in [2.45, 2.75) is 19.9 Å². The van der Waals surface area contributed by atoms with Crippen LogP contribution >= 0.6 is 0 Å². The van der Waals surface area contributed by atoms with Crippen molar-refractivity contribution >= 4 is 16.9 Å². The lowest BCUT2D eigenvalue weighted by Crippen LogP contribution is -2.09. The summed E-state index contributed by atoms with van der Waals surface area (Å²) in [7, 11) is 0. The highest BCUT2D eigenvalue weighted by Gasteiger charge is 2.15. The van der Waals surface area contributed by atoms with Gasteiger partial charge in [-0.25, -0.2) is 14.1 Å². The van der Waals surface area contributed by atoms with E-state index in [1.54, 1.807) is 23.0 Å². The normalized spacial score (nSPS) is 12.3. The number of aromatic nitrogens is 4. The van der Waals surface area contributed by atoms with Gasteiger partial charge in [-0.2, -0.15) is 5.10 Å². The molecule has 5 nitrogen and oxygen atoms in total. The molecule has 1 atom stereocenters. The number of rotatable bonds is 4. The second-order valence-corrected chi connectivity index (χ2v) is 6.18. The largest absolute Gasteiger partial charge is 0.362 e. The van der Waals surface area contributed by atoms with Crippen LogP contribution in [0.5, 0.6) is 0 Å². The van der Waals surface area contributed by atoms with Crippen molar-refractivity contribution in [2.24, 2.45) is 0 Å². The summed E-state index contributed by atoms with van der Waals surface area (Å²) >= 11 is 0. The lowest BCUT2D eigenvalue weighted by Gasteiger charge is -2.15. The molecule has 2 heterocycles. The Labute approximate surface area is 150 Å². The van der Waals surface area contributed by atoms with Gasteiger partial charge >= 0.3 is 0 Å². The number of benzene rings is 2. The van der Waals surface area contributed by atoms with Crippen LogP contribution in [0.15, 0.2) is 60.9 Å². The highest BCUT2D eigenvalue weighted by molar-refractivity contribution is 5.75. The van der Waals surface area contributed by atoms with Crippen molar-refractivity contribution in [1.29, 1.82) is 0 Å². The molecule has 26 heavy (non-hydrogen) atoms. The quantitative estimate of drug-likeness (QED) is 0.593. The van der Waals surface area contributed by atoms with Gasteiger partial charge in [0.15, 0.2) is 0 Å². The summed E-state index contributed by atoms with van der Waals surface area (Å²) in [5.41, 5.74) is 4.58. The van der Waals surface area contributed by atoms with Gasteiger partial charge in [-0.1, -0.05) is 12.1 Å². The topological polar surface area (TPSA) is 55.6 Å². The molecular weight excluding hydrogens is 329 g/mol. The molecular formula is C20H18FN5. The zero-order valence-corrected chi connectivity index (χ0v) is 14.5. The lowest BCUT2D eigenvalue weighted by molar-refractivity contribution is 0.627. The second-order valence-electron chi connectivity index (χ2n) is 6.18. The van der Waals surface area contributed by atoms with Gasteiger partial charge in [-0.05, 0) is 50.2 Å². The van der Waals surface area contributed by atoms with E-state index >= 15 is 0 Å². The van der Waals surface area contributed by atoms with E-state index in [9.17, 15) is 4.39 Å². The number of hydrogen-bond donors (Lipinski definition) is 1. The van der Waals surface area contributed by atoms with Gasteiger partial charge in [0.25, 0.3) is 0 Å².